The molecular formula is C11H12O3. The standard InChI is InChI=1S/C11H12O3/c1-7-2-3-8-5-9(11(12)13)6-14-10(8)4-7/h2-4,9H,5-6H2,1H3,(H,12,13)/t9-/m0/s1. The molecule has 3 nitrogen and oxygen atoms in total. The zero-order chi connectivity index (χ0) is 10.1. The first-order chi connectivity index (χ1) is 6.66. The van der Waals surface area contributed by atoms with Gasteiger partial charge in [-0.05, 0) is 30.5 Å². The highest BCUT2D eigenvalue weighted by Gasteiger charge is 2.25. The molecular weight excluding hydrogens is 180 g/mol. The summed E-state index contributed by atoms with van der Waals surface area (Å²) < 4.78 is 5.40. The zero-order valence-corrected chi connectivity index (χ0v) is 7.99. The maximum Gasteiger partial charge on any atom is 0.310 e. The number of aliphatic carboxylic acids is 1. The monoisotopic (exact) mass is 192 g/mol. The van der Waals surface area contributed by atoms with E-state index in [1.54, 1.807) is 0 Å². The van der Waals surface area contributed by atoms with Gasteiger partial charge in [-0.1, -0.05) is 12.1 Å². The van der Waals surface area contributed by atoms with Gasteiger partial charge in [0.05, 0.1) is 5.92 Å². The van der Waals surface area contributed by atoms with Crippen molar-refractivity contribution in [1.29, 1.82) is 0 Å². The van der Waals surface area contributed by atoms with Crippen molar-refractivity contribution in [1.82, 2.24) is 0 Å². The van der Waals surface area contributed by atoms with E-state index in [1.807, 2.05) is 25.1 Å². The summed E-state index contributed by atoms with van der Waals surface area (Å²) in [5, 5.41) is 8.84. The Hall–Kier alpha value is -1.51. The van der Waals surface area contributed by atoms with Crippen LogP contribution in [-0.4, -0.2) is 17.7 Å². The van der Waals surface area contributed by atoms with E-state index in [9.17, 15) is 4.79 Å². The van der Waals surface area contributed by atoms with Crippen LogP contribution in [0, 0.1) is 12.8 Å². The number of benzene rings is 1. The minimum Gasteiger partial charge on any atom is -0.492 e. The van der Waals surface area contributed by atoms with Crippen LogP contribution in [0.25, 0.3) is 0 Å². The maximum atomic E-state index is 10.8. The van der Waals surface area contributed by atoms with Crippen molar-refractivity contribution in [2.75, 3.05) is 6.61 Å². The molecule has 2 rings (SSSR count). The van der Waals surface area contributed by atoms with Gasteiger partial charge in [-0.2, -0.15) is 0 Å². The van der Waals surface area contributed by atoms with Crippen LogP contribution in [-0.2, 0) is 11.2 Å². The molecule has 1 aliphatic rings. The molecule has 3 heteroatoms. The van der Waals surface area contributed by atoms with Crippen molar-refractivity contribution in [2.45, 2.75) is 13.3 Å². The van der Waals surface area contributed by atoms with Gasteiger partial charge in [0.15, 0.2) is 0 Å². The van der Waals surface area contributed by atoms with Crippen LogP contribution in [0.2, 0.25) is 0 Å². The Labute approximate surface area is 82.3 Å². The Morgan fingerprint density at radius 3 is 3.07 bits per heavy atom. The van der Waals surface area contributed by atoms with E-state index in [4.69, 9.17) is 9.84 Å². The normalized spacial score (nSPS) is 19.6. The molecule has 0 amide bonds. The van der Waals surface area contributed by atoms with Gasteiger partial charge in [-0.15, -0.1) is 0 Å². The van der Waals surface area contributed by atoms with E-state index in [0.29, 0.717) is 6.42 Å². The van der Waals surface area contributed by atoms with Gasteiger partial charge < -0.3 is 9.84 Å². The van der Waals surface area contributed by atoms with E-state index in [2.05, 4.69) is 0 Å². The lowest BCUT2D eigenvalue weighted by Gasteiger charge is -2.22. The van der Waals surface area contributed by atoms with Crippen LogP contribution in [0.1, 0.15) is 11.1 Å². The molecule has 1 aliphatic heterocycles. The Morgan fingerprint density at radius 1 is 1.57 bits per heavy atom. The van der Waals surface area contributed by atoms with Gasteiger partial charge in [0.2, 0.25) is 0 Å². The highest BCUT2D eigenvalue weighted by Crippen LogP contribution is 2.28. The smallest absolute Gasteiger partial charge is 0.310 e. The average Bonchev–Trinajstić information content (AvgIpc) is 2.16. The second kappa shape index (κ2) is 3.33. The van der Waals surface area contributed by atoms with Crippen LogP contribution in [0.3, 0.4) is 0 Å². The third-order valence-electron chi connectivity index (χ3n) is 2.48. The fourth-order valence-corrected chi connectivity index (χ4v) is 1.64. The molecule has 1 aromatic carbocycles. The number of carboxylic acid groups (broad SMARTS) is 1. The zero-order valence-electron chi connectivity index (χ0n) is 7.99. The molecule has 0 aromatic heterocycles. The molecule has 1 atom stereocenters. The number of fused-ring (bicyclic) bond motifs is 1. The van der Waals surface area contributed by atoms with Crippen LogP contribution in [0.5, 0.6) is 5.75 Å². The largest absolute Gasteiger partial charge is 0.492 e. The molecule has 1 N–H and O–H groups in total. The first-order valence-corrected chi connectivity index (χ1v) is 4.62. The molecule has 0 spiro atoms. The van der Waals surface area contributed by atoms with Crippen molar-refractivity contribution in [3.05, 3.63) is 29.3 Å². The molecule has 14 heavy (non-hydrogen) atoms. The van der Waals surface area contributed by atoms with Crippen LogP contribution in [0.15, 0.2) is 18.2 Å². The van der Waals surface area contributed by atoms with Gasteiger partial charge in [-0.25, -0.2) is 0 Å². The summed E-state index contributed by atoms with van der Waals surface area (Å²) in [6.07, 6.45) is 0.574. The molecule has 0 fully saturated rings. The Kier molecular flexibility index (Phi) is 2.15. The topological polar surface area (TPSA) is 46.5 Å². The highest BCUT2D eigenvalue weighted by atomic mass is 16.5. The van der Waals surface area contributed by atoms with Crippen molar-refractivity contribution in [2.24, 2.45) is 5.92 Å². The third kappa shape index (κ3) is 1.58. The number of carbonyl (C=O) groups is 1. The highest BCUT2D eigenvalue weighted by molar-refractivity contribution is 5.71. The van der Waals surface area contributed by atoms with E-state index in [0.717, 1.165) is 16.9 Å². The van der Waals surface area contributed by atoms with Gasteiger partial charge in [0, 0.05) is 0 Å². The fraction of sp³-hybridized carbons (Fsp3) is 0.364. The SMILES string of the molecule is Cc1ccc2c(c1)OC[C@@H](C(=O)O)C2. The summed E-state index contributed by atoms with van der Waals surface area (Å²) in [5.41, 5.74) is 2.13. The van der Waals surface area contributed by atoms with Gasteiger partial charge in [0.1, 0.15) is 12.4 Å². The summed E-state index contributed by atoms with van der Waals surface area (Å²) in [4.78, 5) is 10.8. The molecule has 1 aromatic rings. The lowest BCUT2D eigenvalue weighted by Crippen LogP contribution is -2.27. The minimum absolute atomic E-state index is 0.284. The molecule has 0 bridgehead atoms. The Balaban J connectivity index is 2.27. The molecule has 0 radical (unpaired) electrons. The van der Waals surface area contributed by atoms with Gasteiger partial charge in [-0.3, -0.25) is 4.79 Å². The number of carboxylic acids is 1. The van der Waals surface area contributed by atoms with E-state index in [-0.39, 0.29) is 6.61 Å². The summed E-state index contributed by atoms with van der Waals surface area (Å²) in [5.74, 6) is -0.344. The third-order valence-corrected chi connectivity index (χ3v) is 2.48. The number of hydrogen-bond acceptors (Lipinski definition) is 2. The van der Waals surface area contributed by atoms with Crippen molar-refractivity contribution >= 4 is 5.97 Å². The summed E-state index contributed by atoms with van der Waals surface area (Å²) >= 11 is 0. The quantitative estimate of drug-likeness (QED) is 0.735. The first kappa shape index (κ1) is 9.06. The average molecular weight is 192 g/mol. The van der Waals surface area contributed by atoms with Gasteiger partial charge >= 0.3 is 5.97 Å². The molecule has 1 heterocycles. The maximum absolute atomic E-state index is 10.8. The van der Waals surface area contributed by atoms with Gasteiger partial charge in [0.25, 0.3) is 0 Å². The number of ether oxygens (including phenoxy) is 1. The summed E-state index contributed by atoms with van der Waals surface area (Å²) in [7, 11) is 0. The van der Waals surface area contributed by atoms with Crippen molar-refractivity contribution in [3.63, 3.8) is 0 Å². The van der Waals surface area contributed by atoms with Crippen LogP contribution < -0.4 is 4.74 Å². The molecule has 0 saturated carbocycles. The molecule has 0 saturated heterocycles. The Bertz CT molecular complexity index is 371. The van der Waals surface area contributed by atoms with Crippen LogP contribution in [0.4, 0.5) is 0 Å². The minimum atomic E-state index is -0.781. The lowest BCUT2D eigenvalue weighted by molar-refractivity contribution is -0.143. The Morgan fingerprint density at radius 2 is 2.36 bits per heavy atom. The second-order valence-electron chi connectivity index (χ2n) is 3.66. The van der Waals surface area contributed by atoms with E-state index in [1.165, 1.54) is 0 Å². The second-order valence-corrected chi connectivity index (χ2v) is 3.66. The molecule has 0 unspecified atom stereocenters. The summed E-state index contributed by atoms with van der Waals surface area (Å²) in [6, 6.07) is 5.87. The summed E-state index contributed by atoms with van der Waals surface area (Å²) in [6.45, 7) is 2.28. The van der Waals surface area contributed by atoms with Crippen molar-refractivity contribution < 1.29 is 14.6 Å². The first-order valence-electron chi connectivity index (χ1n) is 4.62. The predicted molar refractivity (Wildman–Crippen MR) is 51.5 cm³/mol. The van der Waals surface area contributed by atoms with E-state index < -0.39 is 11.9 Å². The van der Waals surface area contributed by atoms with E-state index >= 15 is 0 Å². The number of aryl methyl sites for hydroxylation is 1. The van der Waals surface area contributed by atoms with Crippen LogP contribution >= 0.6 is 0 Å². The number of rotatable bonds is 1. The molecule has 0 aliphatic carbocycles. The van der Waals surface area contributed by atoms with Crippen molar-refractivity contribution in [3.8, 4) is 5.75 Å². The lowest BCUT2D eigenvalue weighted by atomic mass is 9.96. The molecule has 74 valence electrons. The number of hydrogen-bond donors (Lipinski definition) is 1. The predicted octanol–water partition coefficient (Wildman–Crippen LogP) is 1.63. The fourth-order valence-electron chi connectivity index (χ4n) is 1.64.